The number of rotatable bonds is 7. The Morgan fingerprint density at radius 3 is 2.67 bits per heavy atom. The van der Waals surface area contributed by atoms with Gasteiger partial charge in [0.1, 0.15) is 5.75 Å². The summed E-state index contributed by atoms with van der Waals surface area (Å²) in [5.74, 6) is 0.453. The molecule has 1 amide bonds. The van der Waals surface area contributed by atoms with Gasteiger partial charge >= 0.3 is 6.61 Å². The number of carbonyl (C=O) groups excluding carboxylic acids is 1. The van der Waals surface area contributed by atoms with Gasteiger partial charge in [-0.15, -0.1) is 0 Å². The van der Waals surface area contributed by atoms with E-state index in [1.165, 1.54) is 12.5 Å². The largest absolute Gasteiger partial charge is 0.434 e. The van der Waals surface area contributed by atoms with Crippen molar-refractivity contribution in [1.82, 2.24) is 16.0 Å². The maximum atomic E-state index is 12.5. The molecule has 1 aromatic rings. The van der Waals surface area contributed by atoms with E-state index in [9.17, 15) is 13.6 Å². The number of halogens is 2. The van der Waals surface area contributed by atoms with E-state index in [1.807, 2.05) is 6.92 Å². The Bertz CT molecular complexity index is 647. The minimum Gasteiger partial charge on any atom is -0.434 e. The lowest BCUT2D eigenvalue weighted by Crippen LogP contribution is -2.45. The topological polar surface area (TPSA) is 74.8 Å². The van der Waals surface area contributed by atoms with Gasteiger partial charge in [0.25, 0.3) is 0 Å². The molecule has 1 aliphatic rings. The van der Waals surface area contributed by atoms with E-state index in [4.69, 9.17) is 0 Å². The summed E-state index contributed by atoms with van der Waals surface area (Å²) < 4.78 is 29.6. The zero-order chi connectivity index (χ0) is 19.6. The lowest BCUT2D eigenvalue weighted by molar-refractivity contribution is -0.120. The molecule has 1 saturated carbocycles. The van der Waals surface area contributed by atoms with Gasteiger partial charge in [-0.25, -0.2) is 0 Å². The van der Waals surface area contributed by atoms with Crippen LogP contribution in [-0.2, 0) is 11.3 Å². The molecule has 0 saturated heterocycles. The first-order valence-electron chi connectivity index (χ1n) is 9.26. The lowest BCUT2D eigenvalue weighted by Gasteiger charge is -2.23. The van der Waals surface area contributed by atoms with Gasteiger partial charge in [0.15, 0.2) is 5.96 Å². The molecule has 0 radical (unpaired) electrons. The predicted octanol–water partition coefficient (Wildman–Crippen LogP) is 2.71. The van der Waals surface area contributed by atoms with Crippen molar-refractivity contribution in [2.45, 2.75) is 58.2 Å². The van der Waals surface area contributed by atoms with Gasteiger partial charge in [0.2, 0.25) is 5.91 Å². The molecule has 1 aromatic carbocycles. The van der Waals surface area contributed by atoms with Crippen molar-refractivity contribution < 1.29 is 18.3 Å². The van der Waals surface area contributed by atoms with Crippen LogP contribution in [0.15, 0.2) is 23.2 Å². The molecule has 8 heteroatoms. The number of benzene rings is 1. The van der Waals surface area contributed by atoms with Crippen molar-refractivity contribution in [2.75, 3.05) is 13.6 Å². The first-order valence-corrected chi connectivity index (χ1v) is 9.26. The second-order valence-corrected chi connectivity index (χ2v) is 6.67. The van der Waals surface area contributed by atoms with E-state index >= 15 is 0 Å². The summed E-state index contributed by atoms with van der Waals surface area (Å²) in [5, 5.41) is 8.98. The number of alkyl halides is 2. The third-order valence-electron chi connectivity index (χ3n) is 4.49. The van der Waals surface area contributed by atoms with E-state index in [2.05, 4.69) is 25.7 Å². The van der Waals surface area contributed by atoms with Gasteiger partial charge in [0, 0.05) is 25.2 Å². The molecule has 1 aliphatic carbocycles. The third-order valence-corrected chi connectivity index (χ3v) is 4.49. The summed E-state index contributed by atoms with van der Waals surface area (Å²) in [7, 11) is 1.58. The maximum Gasteiger partial charge on any atom is 0.387 e. The van der Waals surface area contributed by atoms with E-state index in [0.29, 0.717) is 11.5 Å². The molecule has 27 heavy (non-hydrogen) atoms. The fourth-order valence-electron chi connectivity index (χ4n) is 3.15. The minimum atomic E-state index is -2.88. The van der Waals surface area contributed by atoms with Gasteiger partial charge in [-0.3, -0.25) is 9.79 Å². The number of hydrogen-bond donors (Lipinski definition) is 3. The minimum absolute atomic E-state index is 0.0814. The first kappa shape index (κ1) is 20.9. The van der Waals surface area contributed by atoms with Crippen LogP contribution in [0.2, 0.25) is 0 Å². The van der Waals surface area contributed by atoms with Crippen molar-refractivity contribution in [2.24, 2.45) is 4.99 Å². The standard InChI is InChI=1S/C19H28F2N4O2/c1-13-8-9-16(27-18(20)21)14(10-13)11-23-19(22-2)24-12-17(26)25-15-6-4-3-5-7-15/h8-10,15,18H,3-7,11-12H2,1-2H3,(H,25,26)(H2,22,23,24). The highest BCUT2D eigenvalue weighted by atomic mass is 19.3. The quantitative estimate of drug-likeness (QED) is 0.501. The molecular weight excluding hydrogens is 354 g/mol. The molecule has 0 atom stereocenters. The second kappa shape index (κ2) is 10.7. The predicted molar refractivity (Wildman–Crippen MR) is 101 cm³/mol. The molecular formula is C19H28F2N4O2. The number of nitrogens with zero attached hydrogens (tertiary/aromatic N) is 1. The van der Waals surface area contributed by atoms with Crippen LogP contribution in [0.1, 0.15) is 43.2 Å². The number of ether oxygens (including phenoxy) is 1. The van der Waals surface area contributed by atoms with E-state index in [1.54, 1.807) is 19.2 Å². The monoisotopic (exact) mass is 382 g/mol. The molecule has 0 aromatic heterocycles. The summed E-state index contributed by atoms with van der Waals surface area (Å²) in [6.07, 6.45) is 5.59. The average Bonchev–Trinajstić information content (AvgIpc) is 2.64. The first-order chi connectivity index (χ1) is 13.0. The normalized spacial score (nSPS) is 15.5. The Kier molecular flexibility index (Phi) is 8.29. The molecule has 2 rings (SSSR count). The van der Waals surface area contributed by atoms with Crippen LogP contribution in [-0.4, -0.2) is 38.1 Å². The second-order valence-electron chi connectivity index (χ2n) is 6.67. The number of amides is 1. The van der Waals surface area contributed by atoms with Crippen LogP contribution in [0.5, 0.6) is 5.75 Å². The summed E-state index contributed by atoms with van der Waals surface area (Å²) >= 11 is 0. The highest BCUT2D eigenvalue weighted by Crippen LogP contribution is 2.22. The summed E-state index contributed by atoms with van der Waals surface area (Å²) in [4.78, 5) is 16.1. The Hall–Kier alpha value is -2.38. The lowest BCUT2D eigenvalue weighted by atomic mass is 9.95. The summed E-state index contributed by atoms with van der Waals surface area (Å²) in [5.41, 5.74) is 1.52. The molecule has 0 spiro atoms. The molecule has 6 nitrogen and oxygen atoms in total. The van der Waals surface area contributed by atoms with Gasteiger partial charge in [0.05, 0.1) is 6.54 Å². The Morgan fingerprint density at radius 1 is 1.26 bits per heavy atom. The van der Waals surface area contributed by atoms with Crippen LogP contribution in [0.4, 0.5) is 8.78 Å². The van der Waals surface area contributed by atoms with Crippen LogP contribution < -0.4 is 20.7 Å². The molecule has 0 aliphatic heterocycles. The van der Waals surface area contributed by atoms with Gasteiger partial charge < -0.3 is 20.7 Å². The number of carbonyl (C=O) groups is 1. The highest BCUT2D eigenvalue weighted by Gasteiger charge is 2.16. The number of guanidine groups is 1. The fourth-order valence-corrected chi connectivity index (χ4v) is 3.15. The average molecular weight is 382 g/mol. The smallest absolute Gasteiger partial charge is 0.387 e. The van der Waals surface area contributed by atoms with Crippen molar-refractivity contribution in [3.05, 3.63) is 29.3 Å². The van der Waals surface area contributed by atoms with E-state index in [-0.39, 0.29) is 30.8 Å². The maximum absolute atomic E-state index is 12.5. The Morgan fingerprint density at radius 2 is 2.00 bits per heavy atom. The number of aryl methyl sites for hydroxylation is 1. The molecule has 150 valence electrons. The van der Waals surface area contributed by atoms with Crippen molar-refractivity contribution in [1.29, 1.82) is 0 Å². The number of nitrogens with one attached hydrogen (secondary N) is 3. The zero-order valence-electron chi connectivity index (χ0n) is 15.9. The van der Waals surface area contributed by atoms with Crippen LogP contribution in [0.25, 0.3) is 0 Å². The third kappa shape index (κ3) is 7.40. The number of hydrogen-bond acceptors (Lipinski definition) is 3. The Labute approximate surface area is 158 Å². The van der Waals surface area contributed by atoms with Crippen LogP contribution >= 0.6 is 0 Å². The Balaban J connectivity index is 1.83. The van der Waals surface area contributed by atoms with Crippen LogP contribution in [0, 0.1) is 6.92 Å². The SMILES string of the molecule is CN=C(NCC(=O)NC1CCCCC1)NCc1cc(C)ccc1OC(F)F. The zero-order valence-corrected chi connectivity index (χ0v) is 15.9. The molecule has 3 N–H and O–H groups in total. The van der Waals surface area contributed by atoms with Gasteiger partial charge in [-0.2, -0.15) is 8.78 Å². The van der Waals surface area contributed by atoms with Gasteiger partial charge in [-0.1, -0.05) is 37.0 Å². The molecule has 0 heterocycles. The molecule has 0 unspecified atom stereocenters. The van der Waals surface area contributed by atoms with Crippen molar-refractivity contribution in [3.63, 3.8) is 0 Å². The van der Waals surface area contributed by atoms with E-state index in [0.717, 1.165) is 31.2 Å². The molecule has 0 bridgehead atoms. The van der Waals surface area contributed by atoms with Gasteiger partial charge in [-0.05, 0) is 25.8 Å². The summed E-state index contributed by atoms with van der Waals surface area (Å²) in [6.45, 7) is -0.663. The van der Waals surface area contributed by atoms with Crippen molar-refractivity contribution in [3.8, 4) is 5.75 Å². The van der Waals surface area contributed by atoms with E-state index < -0.39 is 6.61 Å². The number of aliphatic imine (C=N–C) groups is 1. The highest BCUT2D eigenvalue weighted by molar-refractivity contribution is 5.86. The molecule has 1 fully saturated rings. The fraction of sp³-hybridized carbons (Fsp3) is 0.579. The summed E-state index contributed by atoms with van der Waals surface area (Å²) in [6, 6.07) is 5.26. The van der Waals surface area contributed by atoms with Crippen molar-refractivity contribution >= 4 is 11.9 Å². The van der Waals surface area contributed by atoms with Crippen LogP contribution in [0.3, 0.4) is 0 Å².